The first-order valence-corrected chi connectivity index (χ1v) is 6.94. The lowest BCUT2D eigenvalue weighted by atomic mass is 10.1. The second kappa shape index (κ2) is 5.75. The van der Waals surface area contributed by atoms with E-state index in [-0.39, 0.29) is 6.04 Å². The molecule has 4 nitrogen and oxygen atoms in total. The van der Waals surface area contributed by atoms with E-state index in [1.807, 2.05) is 49.8 Å². The number of halogens is 1. The van der Waals surface area contributed by atoms with Gasteiger partial charge in [-0.1, -0.05) is 22.0 Å². The van der Waals surface area contributed by atoms with Gasteiger partial charge in [0.1, 0.15) is 12.4 Å². The van der Waals surface area contributed by atoms with Crippen LogP contribution in [-0.2, 0) is 13.7 Å². The van der Waals surface area contributed by atoms with E-state index < -0.39 is 0 Å². The van der Waals surface area contributed by atoms with Crippen LogP contribution >= 0.6 is 15.9 Å². The van der Waals surface area contributed by atoms with Gasteiger partial charge in [0.25, 0.3) is 0 Å². The molecule has 2 N–H and O–H groups in total. The second-order valence-electron chi connectivity index (χ2n) is 4.66. The number of hydrogen-bond acceptors (Lipinski definition) is 3. The van der Waals surface area contributed by atoms with Crippen LogP contribution in [0.1, 0.15) is 29.9 Å². The first-order chi connectivity index (χ1) is 8.97. The van der Waals surface area contributed by atoms with Gasteiger partial charge in [0.2, 0.25) is 0 Å². The molecule has 102 valence electrons. The van der Waals surface area contributed by atoms with Crippen molar-refractivity contribution in [2.24, 2.45) is 12.8 Å². The fourth-order valence-electron chi connectivity index (χ4n) is 1.96. The molecule has 0 saturated carbocycles. The zero-order chi connectivity index (χ0) is 14.0. The standard InChI is InChI=1S/C14H18BrN3O/c1-9-6-12(18(3)17-9)8-19-14-7-11(15)4-5-13(14)10(2)16/h4-7,10H,8,16H2,1-3H3/t10-/m1/s1. The molecule has 19 heavy (non-hydrogen) atoms. The molecule has 0 aliphatic heterocycles. The summed E-state index contributed by atoms with van der Waals surface area (Å²) in [6.07, 6.45) is 0. The quantitative estimate of drug-likeness (QED) is 0.940. The highest BCUT2D eigenvalue weighted by molar-refractivity contribution is 9.10. The molecule has 0 radical (unpaired) electrons. The molecule has 1 atom stereocenters. The van der Waals surface area contributed by atoms with E-state index in [1.54, 1.807) is 0 Å². The van der Waals surface area contributed by atoms with Crippen molar-refractivity contribution in [2.45, 2.75) is 26.5 Å². The Morgan fingerprint density at radius 3 is 2.74 bits per heavy atom. The van der Waals surface area contributed by atoms with Crippen LogP contribution < -0.4 is 10.5 Å². The van der Waals surface area contributed by atoms with Crippen molar-refractivity contribution in [3.8, 4) is 5.75 Å². The summed E-state index contributed by atoms with van der Waals surface area (Å²) < 4.78 is 8.70. The summed E-state index contributed by atoms with van der Waals surface area (Å²) in [5.74, 6) is 0.809. The predicted octanol–water partition coefficient (Wildman–Crippen LogP) is 3.09. The highest BCUT2D eigenvalue weighted by atomic mass is 79.9. The lowest BCUT2D eigenvalue weighted by molar-refractivity contribution is 0.290. The van der Waals surface area contributed by atoms with Crippen molar-refractivity contribution < 1.29 is 4.74 Å². The van der Waals surface area contributed by atoms with Gasteiger partial charge in [-0.3, -0.25) is 4.68 Å². The Kier molecular flexibility index (Phi) is 4.27. The van der Waals surface area contributed by atoms with E-state index in [9.17, 15) is 0 Å². The van der Waals surface area contributed by atoms with Gasteiger partial charge in [-0.15, -0.1) is 0 Å². The Morgan fingerprint density at radius 1 is 1.42 bits per heavy atom. The molecule has 0 spiro atoms. The molecular weight excluding hydrogens is 306 g/mol. The van der Waals surface area contributed by atoms with E-state index >= 15 is 0 Å². The monoisotopic (exact) mass is 323 g/mol. The maximum absolute atomic E-state index is 5.95. The van der Waals surface area contributed by atoms with E-state index in [4.69, 9.17) is 10.5 Å². The molecule has 0 unspecified atom stereocenters. The highest BCUT2D eigenvalue weighted by Gasteiger charge is 2.10. The number of aryl methyl sites for hydroxylation is 2. The zero-order valence-electron chi connectivity index (χ0n) is 11.4. The largest absolute Gasteiger partial charge is 0.487 e. The number of hydrogen-bond donors (Lipinski definition) is 1. The lowest BCUT2D eigenvalue weighted by Crippen LogP contribution is -2.09. The fraction of sp³-hybridized carbons (Fsp3) is 0.357. The third-order valence-corrected chi connectivity index (χ3v) is 3.43. The Hall–Kier alpha value is -1.33. The summed E-state index contributed by atoms with van der Waals surface area (Å²) in [5, 5.41) is 4.30. The summed E-state index contributed by atoms with van der Waals surface area (Å²) in [6, 6.07) is 7.86. The van der Waals surface area contributed by atoms with Gasteiger partial charge in [-0.25, -0.2) is 0 Å². The van der Waals surface area contributed by atoms with Crippen molar-refractivity contribution in [3.63, 3.8) is 0 Å². The minimum Gasteiger partial charge on any atom is -0.487 e. The zero-order valence-corrected chi connectivity index (χ0v) is 12.9. The van der Waals surface area contributed by atoms with Crippen molar-refractivity contribution in [1.82, 2.24) is 9.78 Å². The van der Waals surface area contributed by atoms with E-state index in [0.29, 0.717) is 6.61 Å². The number of ether oxygens (including phenoxy) is 1. The van der Waals surface area contributed by atoms with Crippen molar-refractivity contribution >= 4 is 15.9 Å². The summed E-state index contributed by atoms with van der Waals surface area (Å²) >= 11 is 3.45. The molecular formula is C14H18BrN3O. The van der Waals surface area contributed by atoms with E-state index in [2.05, 4.69) is 21.0 Å². The summed E-state index contributed by atoms with van der Waals surface area (Å²) in [5.41, 5.74) is 8.98. The maximum atomic E-state index is 5.95. The van der Waals surface area contributed by atoms with Crippen molar-refractivity contribution in [1.29, 1.82) is 0 Å². The SMILES string of the molecule is Cc1cc(COc2cc(Br)ccc2[C@@H](C)N)n(C)n1. The van der Waals surface area contributed by atoms with Gasteiger partial charge in [0.15, 0.2) is 0 Å². The van der Waals surface area contributed by atoms with E-state index in [1.165, 1.54) is 0 Å². The fourth-order valence-corrected chi connectivity index (χ4v) is 2.30. The molecule has 2 rings (SSSR count). The number of rotatable bonds is 4. The highest BCUT2D eigenvalue weighted by Crippen LogP contribution is 2.28. The molecule has 1 aromatic carbocycles. The normalized spacial score (nSPS) is 12.5. The van der Waals surface area contributed by atoms with Gasteiger partial charge in [0.05, 0.1) is 11.4 Å². The number of nitrogens with two attached hydrogens (primary N) is 1. The predicted molar refractivity (Wildman–Crippen MR) is 79.0 cm³/mol. The van der Waals surface area contributed by atoms with Crippen LogP contribution in [0.25, 0.3) is 0 Å². The topological polar surface area (TPSA) is 53.1 Å². The van der Waals surface area contributed by atoms with Gasteiger partial charge in [0, 0.05) is 23.1 Å². The molecule has 1 aromatic heterocycles. The van der Waals surface area contributed by atoms with Gasteiger partial charge >= 0.3 is 0 Å². The van der Waals surface area contributed by atoms with Gasteiger partial charge < -0.3 is 10.5 Å². The molecule has 0 saturated heterocycles. The summed E-state index contributed by atoms with van der Waals surface area (Å²) in [4.78, 5) is 0. The Labute approximate surface area is 121 Å². The third-order valence-electron chi connectivity index (χ3n) is 2.94. The van der Waals surface area contributed by atoms with Crippen LogP contribution in [0.2, 0.25) is 0 Å². The smallest absolute Gasteiger partial charge is 0.130 e. The van der Waals surface area contributed by atoms with Crippen LogP contribution in [0.4, 0.5) is 0 Å². The molecule has 1 heterocycles. The first-order valence-electron chi connectivity index (χ1n) is 6.14. The summed E-state index contributed by atoms with van der Waals surface area (Å²) in [7, 11) is 1.92. The lowest BCUT2D eigenvalue weighted by Gasteiger charge is -2.14. The van der Waals surface area contributed by atoms with Crippen LogP contribution in [0, 0.1) is 6.92 Å². The minimum absolute atomic E-state index is 0.0589. The number of nitrogens with zero attached hydrogens (tertiary/aromatic N) is 2. The molecule has 0 amide bonds. The van der Waals surface area contributed by atoms with Crippen LogP contribution in [0.5, 0.6) is 5.75 Å². The molecule has 2 aromatic rings. The third kappa shape index (κ3) is 3.36. The minimum atomic E-state index is -0.0589. The van der Waals surface area contributed by atoms with Crippen LogP contribution in [0.15, 0.2) is 28.7 Å². The number of aromatic nitrogens is 2. The molecule has 5 heteroatoms. The van der Waals surface area contributed by atoms with E-state index in [0.717, 1.165) is 27.2 Å². The molecule has 0 aliphatic rings. The second-order valence-corrected chi connectivity index (χ2v) is 5.58. The molecule has 0 fully saturated rings. The summed E-state index contributed by atoms with van der Waals surface area (Å²) in [6.45, 7) is 4.40. The maximum Gasteiger partial charge on any atom is 0.130 e. The van der Waals surface area contributed by atoms with Crippen LogP contribution in [-0.4, -0.2) is 9.78 Å². The Balaban J connectivity index is 2.19. The molecule has 0 aliphatic carbocycles. The Morgan fingerprint density at radius 2 is 2.16 bits per heavy atom. The van der Waals surface area contributed by atoms with Gasteiger partial charge in [-0.2, -0.15) is 5.10 Å². The Bertz CT molecular complexity index is 578. The average Bonchev–Trinajstić information content (AvgIpc) is 2.65. The van der Waals surface area contributed by atoms with Crippen molar-refractivity contribution in [3.05, 3.63) is 45.7 Å². The van der Waals surface area contributed by atoms with Gasteiger partial charge in [-0.05, 0) is 32.0 Å². The first kappa shape index (κ1) is 14.1. The number of benzene rings is 1. The molecule has 0 bridgehead atoms. The van der Waals surface area contributed by atoms with Crippen LogP contribution in [0.3, 0.4) is 0 Å². The average molecular weight is 324 g/mol. The van der Waals surface area contributed by atoms with Crippen molar-refractivity contribution in [2.75, 3.05) is 0 Å².